The van der Waals surface area contributed by atoms with Crippen LogP contribution in [0.5, 0.6) is 0 Å². The standard InChI is InChI=1S/C10H15NO/c1-2-10(12)5-9-7-11-4-3-8(9)6-11/h5,8H,2-4,6-7H2,1H3/b9-5+. The molecule has 2 nitrogen and oxygen atoms in total. The second-order valence-electron chi connectivity index (χ2n) is 3.76. The molecule has 2 rings (SSSR count). The molecule has 66 valence electrons. The van der Waals surface area contributed by atoms with Crippen molar-refractivity contribution in [3.05, 3.63) is 11.6 Å². The lowest BCUT2D eigenvalue weighted by molar-refractivity contribution is -0.114. The van der Waals surface area contributed by atoms with Crippen LogP contribution in [-0.2, 0) is 4.79 Å². The third-order valence-electron chi connectivity index (χ3n) is 2.90. The van der Waals surface area contributed by atoms with E-state index in [0.717, 1.165) is 6.54 Å². The zero-order chi connectivity index (χ0) is 8.55. The Morgan fingerprint density at radius 3 is 3.08 bits per heavy atom. The predicted molar refractivity (Wildman–Crippen MR) is 47.9 cm³/mol. The number of ketones is 1. The summed E-state index contributed by atoms with van der Waals surface area (Å²) in [5.41, 5.74) is 1.38. The van der Waals surface area contributed by atoms with Gasteiger partial charge < -0.3 is 0 Å². The highest BCUT2D eigenvalue weighted by Gasteiger charge is 2.33. The van der Waals surface area contributed by atoms with Crippen molar-refractivity contribution >= 4 is 5.78 Å². The van der Waals surface area contributed by atoms with Crippen LogP contribution in [0.2, 0.25) is 0 Å². The lowest BCUT2D eigenvalue weighted by Crippen LogP contribution is -2.18. The number of fused-ring (bicyclic) bond motifs is 2. The van der Waals surface area contributed by atoms with Crippen LogP contribution in [0.4, 0.5) is 0 Å². The maximum absolute atomic E-state index is 11.1. The van der Waals surface area contributed by atoms with Crippen molar-refractivity contribution in [3.8, 4) is 0 Å². The number of hydrogen-bond acceptors (Lipinski definition) is 2. The first-order valence-electron chi connectivity index (χ1n) is 4.75. The van der Waals surface area contributed by atoms with Crippen molar-refractivity contribution in [2.24, 2.45) is 5.92 Å². The van der Waals surface area contributed by atoms with E-state index in [1.54, 1.807) is 0 Å². The summed E-state index contributed by atoms with van der Waals surface area (Å²) in [6, 6.07) is 0. The number of carbonyl (C=O) groups is 1. The molecule has 0 N–H and O–H groups in total. The van der Waals surface area contributed by atoms with E-state index in [0.29, 0.717) is 18.1 Å². The Bertz CT molecular complexity index is 232. The Morgan fingerprint density at radius 1 is 1.75 bits per heavy atom. The summed E-state index contributed by atoms with van der Waals surface area (Å²) in [5, 5.41) is 0. The largest absolute Gasteiger partial charge is 0.299 e. The molecule has 0 spiro atoms. The van der Waals surface area contributed by atoms with Crippen LogP contribution < -0.4 is 0 Å². The van der Waals surface area contributed by atoms with E-state index < -0.39 is 0 Å². The second kappa shape index (κ2) is 3.02. The van der Waals surface area contributed by atoms with E-state index in [-0.39, 0.29) is 0 Å². The monoisotopic (exact) mass is 165 g/mol. The molecule has 12 heavy (non-hydrogen) atoms. The highest BCUT2D eigenvalue weighted by Crippen LogP contribution is 2.32. The maximum Gasteiger partial charge on any atom is 0.155 e. The van der Waals surface area contributed by atoms with E-state index in [4.69, 9.17) is 0 Å². The molecule has 2 atom stereocenters. The minimum absolute atomic E-state index is 0.291. The predicted octanol–water partition coefficient (Wildman–Crippen LogP) is 1.23. The topological polar surface area (TPSA) is 20.3 Å². The van der Waals surface area contributed by atoms with Gasteiger partial charge in [-0.3, -0.25) is 9.69 Å². The van der Waals surface area contributed by atoms with Crippen molar-refractivity contribution in [3.63, 3.8) is 0 Å². The average Bonchev–Trinajstić information content (AvgIpc) is 2.64. The molecular weight excluding hydrogens is 150 g/mol. The molecule has 2 unspecified atom stereocenters. The summed E-state index contributed by atoms with van der Waals surface area (Å²) >= 11 is 0. The first kappa shape index (κ1) is 7.99. The minimum Gasteiger partial charge on any atom is -0.299 e. The molecule has 2 bridgehead atoms. The number of carbonyl (C=O) groups excluding carboxylic acids is 1. The molecule has 0 aromatic heterocycles. The summed E-state index contributed by atoms with van der Waals surface area (Å²) in [5.74, 6) is 0.999. The summed E-state index contributed by atoms with van der Waals surface area (Å²) < 4.78 is 0. The minimum atomic E-state index is 0.291. The Morgan fingerprint density at radius 2 is 2.58 bits per heavy atom. The van der Waals surface area contributed by atoms with Crippen LogP contribution in [0.15, 0.2) is 11.6 Å². The van der Waals surface area contributed by atoms with Gasteiger partial charge in [0, 0.05) is 19.5 Å². The van der Waals surface area contributed by atoms with Crippen molar-refractivity contribution in [1.82, 2.24) is 4.90 Å². The number of hydrogen-bond donors (Lipinski definition) is 0. The lowest BCUT2D eigenvalue weighted by atomic mass is 9.98. The third kappa shape index (κ3) is 1.31. The zero-order valence-electron chi connectivity index (χ0n) is 7.55. The molecule has 2 aliphatic heterocycles. The molecule has 2 saturated heterocycles. The van der Waals surface area contributed by atoms with Crippen molar-refractivity contribution in [1.29, 1.82) is 0 Å². The van der Waals surface area contributed by atoms with E-state index >= 15 is 0 Å². The molecule has 2 heteroatoms. The van der Waals surface area contributed by atoms with Gasteiger partial charge in [-0.2, -0.15) is 0 Å². The molecule has 0 aromatic carbocycles. The van der Waals surface area contributed by atoms with Gasteiger partial charge in [-0.25, -0.2) is 0 Å². The van der Waals surface area contributed by atoms with Gasteiger partial charge >= 0.3 is 0 Å². The van der Waals surface area contributed by atoms with Crippen LogP contribution >= 0.6 is 0 Å². The fraction of sp³-hybridized carbons (Fsp3) is 0.700. The Balaban J connectivity index is 2.06. The lowest BCUT2D eigenvalue weighted by Gasteiger charge is -2.13. The molecule has 0 aliphatic carbocycles. The van der Waals surface area contributed by atoms with Gasteiger partial charge in [-0.05, 0) is 30.5 Å². The van der Waals surface area contributed by atoms with Gasteiger partial charge in [0.25, 0.3) is 0 Å². The molecule has 0 radical (unpaired) electrons. The van der Waals surface area contributed by atoms with Gasteiger partial charge in [-0.15, -0.1) is 0 Å². The van der Waals surface area contributed by atoms with E-state index in [1.807, 2.05) is 13.0 Å². The third-order valence-corrected chi connectivity index (χ3v) is 2.90. The Labute approximate surface area is 73.2 Å². The molecule has 0 aromatic rings. The van der Waals surface area contributed by atoms with Gasteiger partial charge in [0.05, 0.1) is 0 Å². The van der Waals surface area contributed by atoms with Crippen LogP contribution in [0.3, 0.4) is 0 Å². The molecule has 0 amide bonds. The van der Waals surface area contributed by atoms with Crippen LogP contribution in [-0.4, -0.2) is 30.3 Å². The SMILES string of the molecule is CCC(=O)/C=C1\CN2CCC1C2. The van der Waals surface area contributed by atoms with Crippen molar-refractivity contribution in [2.75, 3.05) is 19.6 Å². The summed E-state index contributed by atoms with van der Waals surface area (Å²) in [7, 11) is 0. The summed E-state index contributed by atoms with van der Waals surface area (Å²) in [6.07, 6.45) is 3.79. The van der Waals surface area contributed by atoms with Gasteiger partial charge in [-0.1, -0.05) is 6.92 Å². The molecule has 2 heterocycles. The van der Waals surface area contributed by atoms with E-state index in [1.165, 1.54) is 25.1 Å². The van der Waals surface area contributed by atoms with Crippen LogP contribution in [0, 0.1) is 5.92 Å². The quantitative estimate of drug-likeness (QED) is 0.573. The molecule has 2 aliphatic rings. The summed E-state index contributed by atoms with van der Waals surface area (Å²) in [6.45, 7) is 5.41. The maximum atomic E-state index is 11.1. The fourth-order valence-corrected chi connectivity index (χ4v) is 2.14. The average molecular weight is 165 g/mol. The van der Waals surface area contributed by atoms with Gasteiger partial charge in [0.1, 0.15) is 0 Å². The zero-order valence-corrected chi connectivity index (χ0v) is 7.55. The Kier molecular flexibility index (Phi) is 2.01. The fourth-order valence-electron chi connectivity index (χ4n) is 2.14. The molecule has 2 fully saturated rings. The van der Waals surface area contributed by atoms with E-state index in [9.17, 15) is 4.79 Å². The van der Waals surface area contributed by atoms with E-state index in [2.05, 4.69) is 4.90 Å². The first-order valence-corrected chi connectivity index (χ1v) is 4.75. The van der Waals surface area contributed by atoms with Gasteiger partial charge in [0.2, 0.25) is 0 Å². The second-order valence-corrected chi connectivity index (χ2v) is 3.76. The highest BCUT2D eigenvalue weighted by molar-refractivity contribution is 5.90. The molecule has 0 saturated carbocycles. The first-order chi connectivity index (χ1) is 5.79. The normalized spacial score (nSPS) is 36.2. The van der Waals surface area contributed by atoms with Crippen LogP contribution in [0.1, 0.15) is 19.8 Å². The highest BCUT2D eigenvalue weighted by atomic mass is 16.1. The summed E-state index contributed by atoms with van der Waals surface area (Å²) in [4.78, 5) is 13.6. The van der Waals surface area contributed by atoms with Gasteiger partial charge in [0.15, 0.2) is 5.78 Å². The number of nitrogens with zero attached hydrogens (tertiary/aromatic N) is 1. The number of rotatable bonds is 2. The van der Waals surface area contributed by atoms with Crippen LogP contribution in [0.25, 0.3) is 0 Å². The smallest absolute Gasteiger partial charge is 0.155 e. The Hall–Kier alpha value is -0.630. The molecular formula is C10H15NO. The van der Waals surface area contributed by atoms with Crippen molar-refractivity contribution < 1.29 is 4.79 Å². The number of piperidine rings is 1. The number of allylic oxidation sites excluding steroid dienone is 1. The van der Waals surface area contributed by atoms with Crippen molar-refractivity contribution in [2.45, 2.75) is 19.8 Å².